The van der Waals surface area contributed by atoms with E-state index in [-0.39, 0.29) is 17.7 Å². The molecule has 27 heavy (non-hydrogen) atoms. The topological polar surface area (TPSA) is 62.6 Å². The molecule has 2 amide bonds. The van der Waals surface area contributed by atoms with E-state index in [1.165, 1.54) is 0 Å². The van der Waals surface area contributed by atoms with Crippen LogP contribution in [-0.4, -0.2) is 35.8 Å². The van der Waals surface area contributed by atoms with Gasteiger partial charge in [-0.2, -0.15) is 0 Å². The summed E-state index contributed by atoms with van der Waals surface area (Å²) in [6, 6.07) is 14.3. The molecule has 0 atom stereocenters. The molecule has 1 N–H and O–H groups in total. The second-order valence-corrected chi connectivity index (χ2v) is 7.57. The number of nitrogens with zero attached hydrogens (tertiary/aromatic N) is 1. The lowest BCUT2D eigenvalue weighted by atomic mass is 9.95. The van der Waals surface area contributed by atoms with Crippen LogP contribution in [-0.2, 0) is 16.0 Å². The van der Waals surface area contributed by atoms with Crippen molar-refractivity contribution < 1.29 is 14.0 Å². The van der Waals surface area contributed by atoms with E-state index >= 15 is 0 Å². The summed E-state index contributed by atoms with van der Waals surface area (Å²) in [6.45, 7) is 1.35. The molecule has 1 saturated carbocycles. The van der Waals surface area contributed by atoms with Crippen molar-refractivity contribution in [2.45, 2.75) is 44.6 Å². The second-order valence-electron chi connectivity index (χ2n) is 7.57. The van der Waals surface area contributed by atoms with Gasteiger partial charge in [0, 0.05) is 43.5 Å². The van der Waals surface area contributed by atoms with Crippen LogP contribution in [0.1, 0.15) is 37.9 Å². The molecule has 142 valence electrons. The number of carbonyl (C=O) groups excluding carboxylic acids is 2. The van der Waals surface area contributed by atoms with Crippen LogP contribution in [0.4, 0.5) is 0 Å². The van der Waals surface area contributed by atoms with Crippen molar-refractivity contribution >= 4 is 11.8 Å². The minimum absolute atomic E-state index is 0.0631. The monoisotopic (exact) mass is 366 g/mol. The fourth-order valence-electron chi connectivity index (χ4n) is 3.60. The molecule has 0 bridgehead atoms. The number of hydrogen-bond donors (Lipinski definition) is 1. The highest BCUT2D eigenvalue weighted by molar-refractivity contribution is 5.80. The molecular formula is C22H26N2O3. The SMILES string of the molecule is O=C(NC1CC1)C1CCN(C(=O)CCc2ccc(-c3ccccc3)o2)CC1. The number of amides is 2. The van der Waals surface area contributed by atoms with Gasteiger partial charge in [0.2, 0.25) is 11.8 Å². The molecule has 4 rings (SSSR count). The maximum atomic E-state index is 12.5. The van der Waals surface area contributed by atoms with Crippen LogP contribution < -0.4 is 5.32 Å². The standard InChI is InChI=1S/C22H26N2O3/c25-21(24-14-12-17(13-15-24)22(26)23-18-6-7-18)11-9-19-8-10-20(27-19)16-4-2-1-3-5-16/h1-5,8,10,17-18H,6-7,9,11-15H2,(H,23,26). The third kappa shape index (κ3) is 4.59. The number of benzene rings is 1. The molecule has 2 aromatic rings. The van der Waals surface area contributed by atoms with Gasteiger partial charge >= 0.3 is 0 Å². The van der Waals surface area contributed by atoms with Crippen molar-refractivity contribution in [1.29, 1.82) is 0 Å². The minimum Gasteiger partial charge on any atom is -0.461 e. The zero-order valence-corrected chi connectivity index (χ0v) is 15.5. The maximum absolute atomic E-state index is 12.5. The molecular weight excluding hydrogens is 340 g/mol. The fraction of sp³-hybridized carbons (Fsp3) is 0.455. The lowest BCUT2D eigenvalue weighted by molar-refractivity contribution is -0.135. The Hall–Kier alpha value is -2.56. The number of likely N-dealkylation sites (tertiary alicyclic amines) is 1. The first kappa shape index (κ1) is 17.8. The Bertz CT molecular complexity index is 787. The van der Waals surface area contributed by atoms with Gasteiger partial charge in [-0.15, -0.1) is 0 Å². The van der Waals surface area contributed by atoms with E-state index in [0.717, 1.165) is 42.8 Å². The Morgan fingerprint density at radius 2 is 1.74 bits per heavy atom. The zero-order valence-electron chi connectivity index (χ0n) is 15.5. The normalized spacial score (nSPS) is 17.7. The Morgan fingerprint density at radius 1 is 1.00 bits per heavy atom. The number of piperidine rings is 1. The summed E-state index contributed by atoms with van der Waals surface area (Å²) in [7, 11) is 0. The van der Waals surface area contributed by atoms with Gasteiger partial charge in [-0.3, -0.25) is 9.59 Å². The van der Waals surface area contributed by atoms with Crippen LogP contribution >= 0.6 is 0 Å². The quantitative estimate of drug-likeness (QED) is 0.852. The van der Waals surface area contributed by atoms with Gasteiger partial charge in [0.05, 0.1) is 0 Å². The van der Waals surface area contributed by atoms with Crippen LogP contribution in [0.25, 0.3) is 11.3 Å². The molecule has 1 aromatic carbocycles. The van der Waals surface area contributed by atoms with E-state index in [1.54, 1.807) is 0 Å². The third-order valence-electron chi connectivity index (χ3n) is 5.45. The number of hydrogen-bond acceptors (Lipinski definition) is 3. The van der Waals surface area contributed by atoms with Crippen molar-refractivity contribution in [2.24, 2.45) is 5.92 Å². The van der Waals surface area contributed by atoms with Gasteiger partial charge < -0.3 is 14.6 Å². The molecule has 5 heteroatoms. The highest BCUT2D eigenvalue weighted by atomic mass is 16.3. The first-order valence-electron chi connectivity index (χ1n) is 9.91. The van der Waals surface area contributed by atoms with E-state index in [4.69, 9.17) is 4.42 Å². The molecule has 1 aliphatic carbocycles. The van der Waals surface area contributed by atoms with Gasteiger partial charge in [-0.25, -0.2) is 0 Å². The Kier molecular flexibility index (Phi) is 5.28. The predicted octanol–water partition coefficient (Wildman–Crippen LogP) is 3.40. The van der Waals surface area contributed by atoms with Crippen molar-refractivity contribution in [3.63, 3.8) is 0 Å². The lowest BCUT2D eigenvalue weighted by Gasteiger charge is -2.31. The Morgan fingerprint density at radius 3 is 2.44 bits per heavy atom. The summed E-state index contributed by atoms with van der Waals surface area (Å²) >= 11 is 0. The summed E-state index contributed by atoms with van der Waals surface area (Å²) in [6.07, 6.45) is 4.81. The average Bonchev–Trinajstić information content (AvgIpc) is 3.40. The van der Waals surface area contributed by atoms with Crippen LogP contribution in [0, 0.1) is 5.92 Å². The molecule has 2 fully saturated rings. The zero-order chi connectivity index (χ0) is 18.6. The summed E-state index contributed by atoms with van der Waals surface area (Å²) in [4.78, 5) is 26.5. The molecule has 2 aliphatic rings. The fourth-order valence-corrected chi connectivity index (χ4v) is 3.60. The van der Waals surface area contributed by atoms with E-state index in [2.05, 4.69) is 5.32 Å². The second kappa shape index (κ2) is 7.99. The molecule has 0 unspecified atom stereocenters. The molecule has 1 aromatic heterocycles. The number of carbonyl (C=O) groups is 2. The minimum atomic E-state index is 0.0631. The predicted molar refractivity (Wildman–Crippen MR) is 103 cm³/mol. The van der Waals surface area contributed by atoms with E-state index < -0.39 is 0 Å². The maximum Gasteiger partial charge on any atom is 0.223 e. The van der Waals surface area contributed by atoms with Crippen molar-refractivity contribution in [2.75, 3.05) is 13.1 Å². The van der Waals surface area contributed by atoms with Gasteiger partial charge in [-0.1, -0.05) is 30.3 Å². The largest absolute Gasteiger partial charge is 0.461 e. The van der Waals surface area contributed by atoms with Gasteiger partial charge in [0.1, 0.15) is 11.5 Å². The average molecular weight is 366 g/mol. The van der Waals surface area contributed by atoms with Crippen molar-refractivity contribution in [3.8, 4) is 11.3 Å². The summed E-state index contributed by atoms with van der Waals surface area (Å²) < 4.78 is 5.88. The highest BCUT2D eigenvalue weighted by Gasteiger charge is 2.30. The van der Waals surface area contributed by atoms with Crippen LogP contribution in [0.2, 0.25) is 0 Å². The number of nitrogens with one attached hydrogen (secondary N) is 1. The van der Waals surface area contributed by atoms with Crippen molar-refractivity contribution in [1.82, 2.24) is 10.2 Å². The first-order valence-corrected chi connectivity index (χ1v) is 9.91. The van der Waals surface area contributed by atoms with E-state index in [0.29, 0.717) is 32.0 Å². The van der Waals surface area contributed by atoms with Gasteiger partial charge in [-0.05, 0) is 37.8 Å². The summed E-state index contributed by atoms with van der Waals surface area (Å²) in [5, 5.41) is 3.08. The smallest absolute Gasteiger partial charge is 0.223 e. The summed E-state index contributed by atoms with van der Waals surface area (Å²) in [5.74, 6) is 2.05. The molecule has 1 saturated heterocycles. The Balaban J connectivity index is 1.23. The van der Waals surface area contributed by atoms with E-state index in [9.17, 15) is 9.59 Å². The lowest BCUT2D eigenvalue weighted by Crippen LogP contribution is -2.43. The Labute approximate surface area is 159 Å². The van der Waals surface area contributed by atoms with E-state index in [1.807, 2.05) is 47.4 Å². The van der Waals surface area contributed by atoms with Crippen LogP contribution in [0.3, 0.4) is 0 Å². The first-order chi connectivity index (χ1) is 13.2. The number of furan rings is 1. The number of aryl methyl sites for hydroxylation is 1. The molecule has 0 spiro atoms. The number of rotatable bonds is 6. The van der Waals surface area contributed by atoms with Crippen molar-refractivity contribution in [3.05, 3.63) is 48.2 Å². The van der Waals surface area contributed by atoms with Gasteiger partial charge in [0.15, 0.2) is 0 Å². The highest BCUT2D eigenvalue weighted by Crippen LogP contribution is 2.24. The molecule has 0 radical (unpaired) electrons. The summed E-state index contributed by atoms with van der Waals surface area (Å²) in [5.41, 5.74) is 1.04. The molecule has 2 heterocycles. The molecule has 5 nitrogen and oxygen atoms in total. The molecule has 1 aliphatic heterocycles. The van der Waals surface area contributed by atoms with Crippen LogP contribution in [0.15, 0.2) is 46.9 Å². The third-order valence-corrected chi connectivity index (χ3v) is 5.45. The van der Waals surface area contributed by atoms with Crippen LogP contribution in [0.5, 0.6) is 0 Å². The van der Waals surface area contributed by atoms with Gasteiger partial charge in [0.25, 0.3) is 0 Å².